The largest absolute Gasteiger partial charge is 0.710 e. The van der Waals surface area contributed by atoms with Crippen LogP contribution in [0.15, 0.2) is 19.0 Å². The molecule has 8 heavy (non-hydrogen) atoms. The highest BCUT2D eigenvalue weighted by molar-refractivity contribution is 5.31. The first-order chi connectivity index (χ1) is 3.84. The second-order valence-electron chi connectivity index (χ2n) is 1.38. The molecule has 1 rings (SSSR count). The van der Waals surface area contributed by atoms with Gasteiger partial charge in [-0.15, -0.1) is 0 Å². The zero-order chi connectivity index (χ0) is 5.98. The fraction of sp³-hybridized carbons (Fsp3) is 0. The van der Waals surface area contributed by atoms with Crippen LogP contribution >= 0.6 is 0 Å². The first kappa shape index (κ1) is 4.90. The average molecular weight is 110 g/mol. The summed E-state index contributed by atoms with van der Waals surface area (Å²) in [6, 6.07) is 0. The zero-order valence-corrected chi connectivity index (χ0v) is 4.29. The van der Waals surface area contributed by atoms with E-state index in [1.54, 1.807) is 6.20 Å². The number of aromatic amines is 1. The van der Waals surface area contributed by atoms with Gasteiger partial charge in [0.25, 0.3) is 5.82 Å². The third kappa shape index (κ3) is 0.578. The molecule has 3 nitrogen and oxygen atoms in total. The molecular weight excluding hydrogens is 104 g/mol. The molecule has 1 aromatic heterocycles. The van der Waals surface area contributed by atoms with Gasteiger partial charge in [0.1, 0.15) is 12.4 Å². The maximum atomic E-state index is 10.5. The molecule has 0 aliphatic heterocycles. The summed E-state index contributed by atoms with van der Waals surface area (Å²) < 4.78 is 0.715. The molecule has 0 amide bonds. The highest BCUT2D eigenvalue weighted by Gasteiger charge is 1.93. The Bertz CT molecular complexity index is 192. The van der Waals surface area contributed by atoms with Gasteiger partial charge in [-0.3, -0.25) is 0 Å². The van der Waals surface area contributed by atoms with Gasteiger partial charge >= 0.3 is 0 Å². The predicted molar refractivity (Wildman–Crippen MR) is 29.8 cm³/mol. The van der Waals surface area contributed by atoms with Crippen LogP contribution in [0.2, 0.25) is 0 Å². The lowest BCUT2D eigenvalue weighted by molar-refractivity contribution is -0.605. The van der Waals surface area contributed by atoms with E-state index in [9.17, 15) is 5.21 Å². The first-order valence-corrected chi connectivity index (χ1v) is 2.23. The summed E-state index contributed by atoms with van der Waals surface area (Å²) in [7, 11) is 0. The standard InChI is InChI=1S/C5H6N2O/c1-2-5-6-3-4-7(5)8/h2-4,6H,1H2. The molecule has 0 radical (unpaired) electrons. The van der Waals surface area contributed by atoms with Gasteiger partial charge in [-0.1, -0.05) is 6.58 Å². The fourth-order valence-corrected chi connectivity index (χ4v) is 0.483. The van der Waals surface area contributed by atoms with Crippen molar-refractivity contribution in [1.82, 2.24) is 4.98 Å². The topological polar surface area (TPSA) is 42.7 Å². The molecule has 42 valence electrons. The van der Waals surface area contributed by atoms with Crippen LogP contribution < -0.4 is 4.73 Å². The number of hydrogen-bond donors (Lipinski definition) is 1. The Hall–Kier alpha value is -1.25. The van der Waals surface area contributed by atoms with E-state index in [-0.39, 0.29) is 0 Å². The third-order valence-corrected chi connectivity index (χ3v) is 0.872. The summed E-state index contributed by atoms with van der Waals surface area (Å²) in [5.74, 6) is 0.477. The maximum Gasteiger partial charge on any atom is 0.281 e. The molecular formula is C5H6N2O. The van der Waals surface area contributed by atoms with Crippen molar-refractivity contribution in [2.24, 2.45) is 0 Å². The van der Waals surface area contributed by atoms with E-state index in [1.165, 1.54) is 12.3 Å². The molecule has 0 bridgehead atoms. The number of aromatic nitrogens is 2. The molecule has 0 saturated carbocycles. The quantitative estimate of drug-likeness (QED) is 0.410. The lowest BCUT2D eigenvalue weighted by Crippen LogP contribution is -2.25. The predicted octanol–water partition coefficient (Wildman–Crippen LogP) is 0.291. The molecule has 0 aromatic carbocycles. The van der Waals surface area contributed by atoms with Crippen molar-refractivity contribution in [2.75, 3.05) is 0 Å². The minimum absolute atomic E-state index is 0.477. The summed E-state index contributed by atoms with van der Waals surface area (Å²) in [4.78, 5) is 2.69. The van der Waals surface area contributed by atoms with E-state index in [0.29, 0.717) is 10.6 Å². The number of H-pyrrole nitrogens is 1. The molecule has 0 saturated heterocycles. The molecule has 0 atom stereocenters. The smallest absolute Gasteiger partial charge is 0.281 e. The van der Waals surface area contributed by atoms with E-state index in [4.69, 9.17) is 0 Å². The highest BCUT2D eigenvalue weighted by Crippen LogP contribution is 1.83. The van der Waals surface area contributed by atoms with E-state index in [2.05, 4.69) is 11.6 Å². The summed E-state index contributed by atoms with van der Waals surface area (Å²) in [5.41, 5.74) is 0. The molecule has 1 heterocycles. The molecule has 3 heteroatoms. The number of nitrogens with one attached hydrogen (secondary N) is 1. The van der Waals surface area contributed by atoms with Crippen LogP contribution in [0.3, 0.4) is 0 Å². The Morgan fingerprint density at radius 2 is 2.62 bits per heavy atom. The van der Waals surface area contributed by atoms with Gasteiger partial charge in [0.15, 0.2) is 0 Å². The van der Waals surface area contributed by atoms with E-state index in [0.717, 1.165) is 0 Å². The van der Waals surface area contributed by atoms with Crippen LogP contribution in [-0.2, 0) is 0 Å². The van der Waals surface area contributed by atoms with Crippen molar-refractivity contribution in [1.29, 1.82) is 0 Å². The molecule has 0 aliphatic rings. The van der Waals surface area contributed by atoms with E-state index >= 15 is 0 Å². The number of nitrogens with zero attached hydrogens (tertiary/aromatic N) is 1. The monoisotopic (exact) mass is 110 g/mol. The second-order valence-corrected chi connectivity index (χ2v) is 1.38. The number of hydrogen-bond acceptors (Lipinski definition) is 1. The normalized spacial score (nSPS) is 9.00. The molecule has 0 unspecified atom stereocenters. The van der Waals surface area contributed by atoms with Crippen LogP contribution in [0.25, 0.3) is 6.08 Å². The van der Waals surface area contributed by atoms with Gasteiger partial charge in [0.05, 0.1) is 0 Å². The molecule has 0 spiro atoms. The van der Waals surface area contributed by atoms with Gasteiger partial charge in [-0.2, -0.15) is 0 Å². The molecule has 1 N–H and O–H groups in total. The third-order valence-electron chi connectivity index (χ3n) is 0.872. The van der Waals surface area contributed by atoms with Crippen LogP contribution in [0.1, 0.15) is 5.82 Å². The fourth-order valence-electron chi connectivity index (χ4n) is 0.483. The van der Waals surface area contributed by atoms with Crippen molar-refractivity contribution in [3.05, 3.63) is 30.0 Å². The van der Waals surface area contributed by atoms with Crippen molar-refractivity contribution >= 4 is 6.08 Å². The van der Waals surface area contributed by atoms with Gasteiger partial charge in [0, 0.05) is 6.08 Å². The summed E-state index contributed by atoms with van der Waals surface area (Å²) in [6.45, 7) is 3.41. The first-order valence-electron chi connectivity index (χ1n) is 2.23. The number of imidazole rings is 1. The van der Waals surface area contributed by atoms with E-state index in [1.807, 2.05) is 0 Å². The van der Waals surface area contributed by atoms with Crippen molar-refractivity contribution in [3.8, 4) is 0 Å². The lowest BCUT2D eigenvalue weighted by atomic mass is 10.6. The minimum Gasteiger partial charge on any atom is -0.710 e. The molecule has 1 aromatic rings. The zero-order valence-electron chi connectivity index (χ0n) is 4.29. The molecule has 0 fully saturated rings. The van der Waals surface area contributed by atoms with Gasteiger partial charge in [-0.05, 0) is 0 Å². The van der Waals surface area contributed by atoms with Crippen LogP contribution in [0, 0.1) is 5.21 Å². The van der Waals surface area contributed by atoms with Crippen molar-refractivity contribution < 1.29 is 4.73 Å². The van der Waals surface area contributed by atoms with E-state index < -0.39 is 0 Å². The second kappa shape index (κ2) is 1.69. The number of rotatable bonds is 1. The highest BCUT2D eigenvalue weighted by atomic mass is 16.5. The Labute approximate surface area is 46.9 Å². The Balaban J connectivity index is 3.09. The lowest BCUT2D eigenvalue weighted by Gasteiger charge is -1.93. The van der Waals surface area contributed by atoms with Gasteiger partial charge in [0.2, 0.25) is 0 Å². The SMILES string of the molecule is C=Cc1[nH]cc[n+]1[O-]. The van der Waals surface area contributed by atoms with Crippen molar-refractivity contribution in [2.45, 2.75) is 0 Å². The Kier molecular flexibility index (Phi) is 1.04. The summed E-state index contributed by atoms with van der Waals surface area (Å²) in [6.07, 6.45) is 4.41. The van der Waals surface area contributed by atoms with Crippen LogP contribution in [0.4, 0.5) is 0 Å². The average Bonchev–Trinajstić information content (AvgIpc) is 2.14. The Morgan fingerprint density at radius 1 is 1.88 bits per heavy atom. The van der Waals surface area contributed by atoms with Gasteiger partial charge in [-0.25, -0.2) is 9.71 Å². The molecule has 0 aliphatic carbocycles. The Morgan fingerprint density at radius 3 is 2.88 bits per heavy atom. The summed E-state index contributed by atoms with van der Waals surface area (Å²) >= 11 is 0. The van der Waals surface area contributed by atoms with Crippen molar-refractivity contribution in [3.63, 3.8) is 0 Å². The maximum absolute atomic E-state index is 10.5. The van der Waals surface area contributed by atoms with Crippen LogP contribution in [-0.4, -0.2) is 4.98 Å². The summed E-state index contributed by atoms with van der Waals surface area (Å²) in [5, 5.41) is 10.5. The van der Waals surface area contributed by atoms with Crippen LogP contribution in [0.5, 0.6) is 0 Å². The van der Waals surface area contributed by atoms with Gasteiger partial charge < -0.3 is 5.21 Å². The minimum atomic E-state index is 0.477.